The van der Waals surface area contributed by atoms with Crippen molar-refractivity contribution in [3.05, 3.63) is 35.9 Å². The Morgan fingerprint density at radius 2 is 2.00 bits per heavy atom. The van der Waals surface area contributed by atoms with E-state index in [4.69, 9.17) is 4.89 Å². The van der Waals surface area contributed by atoms with E-state index in [1.165, 1.54) is 5.56 Å². The summed E-state index contributed by atoms with van der Waals surface area (Å²) in [5, 5.41) is 2.90. The van der Waals surface area contributed by atoms with Gasteiger partial charge in [-0.25, -0.2) is 0 Å². The Kier molecular flexibility index (Phi) is 4.61. The lowest BCUT2D eigenvalue weighted by Gasteiger charge is -1.98. The summed E-state index contributed by atoms with van der Waals surface area (Å²) in [5.41, 5.74) is 1.24. The van der Waals surface area contributed by atoms with Crippen LogP contribution in [0.2, 0.25) is 0 Å². The summed E-state index contributed by atoms with van der Waals surface area (Å²) < 4.78 is 10.3. The summed E-state index contributed by atoms with van der Waals surface area (Å²) in [7, 11) is -2.04. The van der Waals surface area contributed by atoms with Gasteiger partial charge in [-0.1, -0.05) is 30.3 Å². The molecule has 0 fully saturated rings. The van der Waals surface area contributed by atoms with Crippen LogP contribution >= 0.6 is 8.03 Å². The molecule has 0 aliphatic heterocycles. The van der Waals surface area contributed by atoms with Crippen LogP contribution in [0.5, 0.6) is 0 Å². The Bertz CT molecular complexity index is 264. The van der Waals surface area contributed by atoms with Gasteiger partial charge in [0.1, 0.15) is 0 Å². The van der Waals surface area contributed by atoms with E-state index >= 15 is 0 Å². The van der Waals surface area contributed by atoms with Crippen LogP contribution in [0.3, 0.4) is 0 Å². The number of benzene rings is 1. The summed E-state index contributed by atoms with van der Waals surface area (Å²) in [4.78, 5) is 8.50. The highest BCUT2D eigenvalue weighted by Crippen LogP contribution is 2.08. The Morgan fingerprint density at radius 1 is 1.31 bits per heavy atom. The van der Waals surface area contributed by atoms with Gasteiger partial charge in [0.15, 0.2) is 0 Å². The van der Waals surface area contributed by atoms with E-state index in [9.17, 15) is 4.57 Å². The van der Waals surface area contributed by atoms with Gasteiger partial charge in [0, 0.05) is 6.54 Å². The molecule has 3 nitrogen and oxygen atoms in total. The van der Waals surface area contributed by atoms with Gasteiger partial charge in [0.05, 0.1) is 0 Å². The number of nitrogens with one attached hydrogen (secondary N) is 1. The molecule has 0 spiro atoms. The van der Waals surface area contributed by atoms with E-state index < -0.39 is 8.03 Å². The Labute approximate surface area is 78.7 Å². The molecule has 0 aliphatic rings. The largest absolute Gasteiger partial charge is 0.521 e. The fraction of sp³-hybridized carbons (Fsp3) is 0.333. The van der Waals surface area contributed by atoms with Crippen LogP contribution in [0.25, 0.3) is 0 Å². The zero-order chi connectivity index (χ0) is 9.52. The average Bonchev–Trinajstić information content (AvgIpc) is 2.14. The summed E-state index contributed by atoms with van der Waals surface area (Å²) in [6.07, 6.45) is 1.08. The molecule has 1 aromatic carbocycles. The minimum atomic E-state index is -2.04. The molecule has 0 heterocycles. The minimum absolute atomic E-state index is 0.183. The predicted molar refractivity (Wildman–Crippen MR) is 52.8 cm³/mol. The fourth-order valence-corrected chi connectivity index (χ4v) is 1.40. The van der Waals surface area contributed by atoms with Crippen molar-refractivity contribution in [2.24, 2.45) is 0 Å². The molecule has 0 bridgehead atoms. The zero-order valence-electron chi connectivity index (χ0n) is 7.31. The number of rotatable bonds is 5. The lowest BCUT2D eigenvalue weighted by molar-refractivity contribution is 0.497. The van der Waals surface area contributed by atoms with Gasteiger partial charge in [-0.15, -0.1) is 0 Å². The molecule has 0 aliphatic carbocycles. The molecule has 1 aromatic rings. The molecule has 0 saturated carbocycles. The zero-order valence-corrected chi connectivity index (χ0v) is 8.21. The van der Waals surface area contributed by atoms with Gasteiger partial charge in [-0.3, -0.25) is 5.32 Å². The van der Waals surface area contributed by atoms with Crippen LogP contribution in [0.15, 0.2) is 30.3 Å². The maximum atomic E-state index is 10.3. The molecule has 0 radical (unpaired) electrons. The van der Waals surface area contributed by atoms with Gasteiger partial charge in [-0.05, 0) is 16.5 Å². The van der Waals surface area contributed by atoms with Gasteiger partial charge >= 0.3 is 8.03 Å². The molecule has 0 amide bonds. The predicted octanol–water partition coefficient (Wildman–Crippen LogP) is 1.51. The molecule has 4 heteroatoms. The molecule has 1 rings (SSSR count). The van der Waals surface area contributed by atoms with Gasteiger partial charge in [0.25, 0.3) is 0 Å². The van der Waals surface area contributed by atoms with Crippen molar-refractivity contribution in [2.45, 2.75) is 6.42 Å². The summed E-state index contributed by atoms with van der Waals surface area (Å²) in [6, 6.07) is 10.0. The highest BCUT2D eigenvalue weighted by molar-refractivity contribution is 7.37. The molecule has 2 N–H and O–H groups in total. The normalized spacial score (nSPS) is 11.3. The van der Waals surface area contributed by atoms with Crippen molar-refractivity contribution in [1.29, 1.82) is 0 Å². The van der Waals surface area contributed by atoms with Crippen molar-refractivity contribution in [1.82, 2.24) is 5.32 Å². The van der Waals surface area contributed by atoms with Crippen LogP contribution in [0.1, 0.15) is 5.56 Å². The van der Waals surface area contributed by atoms with Crippen LogP contribution < -0.4 is 5.32 Å². The monoisotopic (exact) mass is 198 g/mol. The van der Waals surface area contributed by atoms with Gasteiger partial charge in [-0.2, -0.15) is 4.89 Å². The smallest absolute Gasteiger partial charge is 0.273 e. The molecule has 1 atom stereocenters. The van der Waals surface area contributed by atoms with Crippen molar-refractivity contribution >= 4 is 8.03 Å². The summed E-state index contributed by atoms with van der Waals surface area (Å²) in [5.74, 6) is 0. The van der Waals surface area contributed by atoms with Crippen LogP contribution in [0.4, 0.5) is 0 Å². The van der Waals surface area contributed by atoms with Crippen molar-refractivity contribution in [3.63, 3.8) is 0 Å². The Morgan fingerprint density at radius 3 is 2.62 bits per heavy atom. The van der Waals surface area contributed by atoms with Gasteiger partial charge < -0.3 is 0 Å². The number of hydrogen-bond acceptors (Lipinski definition) is 2. The standard InChI is InChI=1S/C9H12NO2P/c11-13(12)8-10-7-6-9-4-2-1-3-5-9/h1-5,10H,6-8H2/p+1. The molecule has 13 heavy (non-hydrogen) atoms. The summed E-state index contributed by atoms with van der Waals surface area (Å²) in [6.45, 7) is 0.742. The maximum absolute atomic E-state index is 10.3. The second kappa shape index (κ2) is 5.81. The topological polar surface area (TPSA) is 49.3 Å². The fourth-order valence-electron chi connectivity index (χ4n) is 1.05. The first-order valence-corrected chi connectivity index (χ1v) is 5.57. The second-order valence-corrected chi connectivity index (χ2v) is 3.77. The molecule has 0 saturated heterocycles. The average molecular weight is 198 g/mol. The first-order valence-electron chi connectivity index (χ1n) is 4.17. The van der Waals surface area contributed by atoms with Crippen molar-refractivity contribution < 1.29 is 9.46 Å². The van der Waals surface area contributed by atoms with Crippen molar-refractivity contribution in [3.8, 4) is 0 Å². The molecular formula is C9H13NO2P+. The van der Waals surface area contributed by atoms with E-state index in [0.29, 0.717) is 0 Å². The third kappa shape index (κ3) is 4.73. The highest BCUT2D eigenvalue weighted by atomic mass is 31.1. The Balaban J connectivity index is 2.17. The lowest BCUT2D eigenvalue weighted by atomic mass is 10.2. The van der Waals surface area contributed by atoms with E-state index in [1.54, 1.807) is 0 Å². The van der Waals surface area contributed by atoms with E-state index in [2.05, 4.69) is 5.32 Å². The van der Waals surface area contributed by atoms with E-state index in [-0.39, 0.29) is 6.29 Å². The van der Waals surface area contributed by atoms with E-state index in [0.717, 1.165) is 13.0 Å². The second-order valence-electron chi connectivity index (χ2n) is 2.75. The first-order chi connectivity index (χ1) is 6.29. The first kappa shape index (κ1) is 10.3. The molecule has 70 valence electrons. The highest BCUT2D eigenvalue weighted by Gasteiger charge is 2.06. The number of hydrogen-bond donors (Lipinski definition) is 2. The minimum Gasteiger partial charge on any atom is -0.273 e. The lowest BCUT2D eigenvalue weighted by Crippen LogP contribution is -2.16. The maximum Gasteiger partial charge on any atom is 0.521 e. The quantitative estimate of drug-likeness (QED) is 0.557. The van der Waals surface area contributed by atoms with Crippen LogP contribution in [0, 0.1) is 0 Å². The molecule has 0 aromatic heterocycles. The van der Waals surface area contributed by atoms with Gasteiger partial charge in [0.2, 0.25) is 6.29 Å². The molecular weight excluding hydrogens is 185 g/mol. The third-order valence-electron chi connectivity index (χ3n) is 1.68. The van der Waals surface area contributed by atoms with Crippen molar-refractivity contribution in [2.75, 3.05) is 12.8 Å². The third-order valence-corrected chi connectivity index (χ3v) is 2.17. The summed E-state index contributed by atoms with van der Waals surface area (Å²) >= 11 is 0. The molecule has 1 unspecified atom stereocenters. The SMILES string of the molecule is O=[P+](O)CNCCc1ccccc1. The van der Waals surface area contributed by atoms with Crippen LogP contribution in [-0.2, 0) is 11.0 Å². The van der Waals surface area contributed by atoms with Crippen LogP contribution in [-0.4, -0.2) is 17.7 Å². The Hall–Kier alpha value is -0.760. The van der Waals surface area contributed by atoms with E-state index in [1.807, 2.05) is 30.3 Å².